The largest absolute Gasteiger partial charge is 0.449 e. The van der Waals surface area contributed by atoms with Crippen LogP contribution in [0.4, 0.5) is 5.00 Å². The van der Waals surface area contributed by atoms with Crippen LogP contribution in [0, 0.1) is 0 Å². The minimum Gasteiger partial charge on any atom is -0.449 e. The van der Waals surface area contributed by atoms with Gasteiger partial charge in [0.05, 0.1) is 5.56 Å². The fourth-order valence-corrected chi connectivity index (χ4v) is 3.04. The zero-order valence-corrected chi connectivity index (χ0v) is 13.8. The van der Waals surface area contributed by atoms with Gasteiger partial charge in [-0.25, -0.2) is 4.79 Å². The van der Waals surface area contributed by atoms with Crippen molar-refractivity contribution in [1.29, 1.82) is 0 Å². The van der Waals surface area contributed by atoms with Crippen molar-refractivity contribution in [2.45, 2.75) is 13.0 Å². The highest BCUT2D eigenvalue weighted by atomic mass is 32.1. The van der Waals surface area contributed by atoms with Crippen LogP contribution in [-0.2, 0) is 14.3 Å². The number of primary amides is 1. The van der Waals surface area contributed by atoms with Crippen LogP contribution >= 0.6 is 22.7 Å². The second-order valence-corrected chi connectivity index (χ2v) is 6.18. The van der Waals surface area contributed by atoms with Crippen molar-refractivity contribution in [3.8, 4) is 0 Å². The standard InChI is InChI=1S/C15H14N2O4S2/c1-9(21-12(18)3-2-10-4-6-22-8-10)14(20)17-15-11(13(16)19)5-7-23-15/h2-9H,1H3,(H2,16,19)(H,17,20)/b3-2+/t9-/m0/s1. The summed E-state index contributed by atoms with van der Waals surface area (Å²) in [5.41, 5.74) is 6.30. The molecule has 0 aliphatic heterocycles. The summed E-state index contributed by atoms with van der Waals surface area (Å²) in [5, 5.41) is 8.26. The molecule has 0 aromatic carbocycles. The van der Waals surface area contributed by atoms with Crippen molar-refractivity contribution >= 4 is 51.5 Å². The molecular weight excluding hydrogens is 336 g/mol. The quantitative estimate of drug-likeness (QED) is 0.618. The summed E-state index contributed by atoms with van der Waals surface area (Å²) in [6.45, 7) is 1.45. The van der Waals surface area contributed by atoms with Gasteiger partial charge >= 0.3 is 5.97 Å². The number of thiophene rings is 2. The highest BCUT2D eigenvalue weighted by molar-refractivity contribution is 7.14. The Hall–Kier alpha value is -2.45. The molecule has 120 valence electrons. The Kier molecular flexibility index (Phi) is 5.67. The molecule has 2 aromatic rings. The maximum Gasteiger partial charge on any atom is 0.331 e. The topological polar surface area (TPSA) is 98.5 Å². The Labute approximate surface area is 140 Å². The van der Waals surface area contributed by atoms with Crippen LogP contribution in [0.25, 0.3) is 6.08 Å². The number of nitrogens with one attached hydrogen (secondary N) is 1. The Balaban J connectivity index is 1.90. The van der Waals surface area contributed by atoms with Crippen LogP contribution in [0.3, 0.4) is 0 Å². The average Bonchev–Trinajstić information content (AvgIpc) is 3.16. The molecule has 0 aliphatic carbocycles. The van der Waals surface area contributed by atoms with E-state index in [9.17, 15) is 14.4 Å². The minimum atomic E-state index is -1.00. The van der Waals surface area contributed by atoms with Gasteiger partial charge < -0.3 is 15.8 Å². The first-order valence-electron chi connectivity index (χ1n) is 6.56. The van der Waals surface area contributed by atoms with Crippen molar-refractivity contribution in [2.75, 3.05) is 5.32 Å². The lowest BCUT2D eigenvalue weighted by Gasteiger charge is -2.12. The second-order valence-electron chi connectivity index (χ2n) is 4.49. The van der Waals surface area contributed by atoms with Crippen molar-refractivity contribution < 1.29 is 19.1 Å². The molecule has 23 heavy (non-hydrogen) atoms. The van der Waals surface area contributed by atoms with Crippen LogP contribution in [0.2, 0.25) is 0 Å². The molecule has 0 saturated carbocycles. The lowest BCUT2D eigenvalue weighted by molar-refractivity contribution is -0.148. The summed E-state index contributed by atoms with van der Waals surface area (Å²) in [6, 6.07) is 3.37. The van der Waals surface area contributed by atoms with Gasteiger partial charge in [-0.3, -0.25) is 9.59 Å². The van der Waals surface area contributed by atoms with Crippen LogP contribution < -0.4 is 11.1 Å². The molecule has 2 rings (SSSR count). The van der Waals surface area contributed by atoms with Gasteiger partial charge in [-0.05, 0) is 46.8 Å². The lowest BCUT2D eigenvalue weighted by atomic mass is 10.3. The van der Waals surface area contributed by atoms with E-state index in [1.807, 2.05) is 16.8 Å². The summed E-state index contributed by atoms with van der Waals surface area (Å²) < 4.78 is 5.01. The summed E-state index contributed by atoms with van der Waals surface area (Å²) in [7, 11) is 0. The first-order valence-corrected chi connectivity index (χ1v) is 8.38. The Bertz CT molecular complexity index is 735. The summed E-state index contributed by atoms with van der Waals surface area (Å²) in [5.74, 6) is -1.79. The monoisotopic (exact) mass is 350 g/mol. The van der Waals surface area contributed by atoms with Gasteiger partial charge in [-0.15, -0.1) is 11.3 Å². The predicted molar refractivity (Wildman–Crippen MR) is 90.4 cm³/mol. The fraction of sp³-hybridized carbons (Fsp3) is 0.133. The third-order valence-corrected chi connectivity index (χ3v) is 4.32. The normalized spacial score (nSPS) is 12.0. The molecule has 2 heterocycles. The molecule has 2 amide bonds. The first kappa shape index (κ1) is 16.9. The van der Waals surface area contributed by atoms with E-state index in [0.717, 1.165) is 16.9 Å². The summed E-state index contributed by atoms with van der Waals surface area (Å²) in [6.07, 6.45) is 1.86. The number of hydrogen-bond donors (Lipinski definition) is 2. The molecule has 0 aliphatic rings. The van der Waals surface area contributed by atoms with Crippen LogP contribution in [0.5, 0.6) is 0 Å². The molecule has 8 heteroatoms. The minimum absolute atomic E-state index is 0.222. The molecule has 0 saturated heterocycles. The van der Waals surface area contributed by atoms with E-state index in [0.29, 0.717) is 5.00 Å². The molecular formula is C15H14N2O4S2. The molecule has 2 aromatic heterocycles. The number of ether oxygens (including phenoxy) is 1. The maximum atomic E-state index is 12.0. The van der Waals surface area contributed by atoms with Crippen molar-refractivity contribution in [3.63, 3.8) is 0 Å². The summed E-state index contributed by atoms with van der Waals surface area (Å²) >= 11 is 2.68. The number of carbonyl (C=O) groups is 3. The maximum absolute atomic E-state index is 12.0. The molecule has 0 bridgehead atoms. The van der Waals surface area contributed by atoms with Crippen LogP contribution in [0.1, 0.15) is 22.8 Å². The molecule has 3 N–H and O–H groups in total. The molecule has 6 nitrogen and oxygen atoms in total. The number of esters is 1. The van der Waals surface area contributed by atoms with Gasteiger partial charge in [0, 0.05) is 6.08 Å². The molecule has 0 radical (unpaired) electrons. The Morgan fingerprint density at radius 1 is 1.30 bits per heavy atom. The van der Waals surface area contributed by atoms with E-state index in [2.05, 4.69) is 5.32 Å². The van der Waals surface area contributed by atoms with E-state index in [-0.39, 0.29) is 5.56 Å². The van der Waals surface area contributed by atoms with E-state index >= 15 is 0 Å². The van der Waals surface area contributed by atoms with E-state index in [1.54, 1.807) is 11.5 Å². The predicted octanol–water partition coefficient (Wildman–Crippen LogP) is 2.49. The Morgan fingerprint density at radius 3 is 2.74 bits per heavy atom. The van der Waals surface area contributed by atoms with Gasteiger partial charge in [0.25, 0.3) is 11.8 Å². The second kappa shape index (κ2) is 7.70. The number of rotatable bonds is 6. The van der Waals surface area contributed by atoms with Gasteiger partial charge in [-0.2, -0.15) is 11.3 Å². The number of anilines is 1. The van der Waals surface area contributed by atoms with Crippen molar-refractivity contribution in [1.82, 2.24) is 0 Å². The average molecular weight is 350 g/mol. The number of hydrogen-bond acceptors (Lipinski definition) is 6. The zero-order valence-electron chi connectivity index (χ0n) is 12.1. The highest BCUT2D eigenvalue weighted by Gasteiger charge is 2.19. The van der Waals surface area contributed by atoms with Gasteiger partial charge in [-0.1, -0.05) is 0 Å². The Morgan fingerprint density at radius 2 is 2.09 bits per heavy atom. The van der Waals surface area contributed by atoms with Crippen molar-refractivity contribution in [2.24, 2.45) is 5.73 Å². The molecule has 1 atom stereocenters. The van der Waals surface area contributed by atoms with Crippen molar-refractivity contribution in [3.05, 3.63) is 45.5 Å². The lowest BCUT2D eigenvalue weighted by Crippen LogP contribution is -2.29. The van der Waals surface area contributed by atoms with E-state index < -0.39 is 23.9 Å². The highest BCUT2D eigenvalue weighted by Crippen LogP contribution is 2.23. The first-order chi connectivity index (χ1) is 11.0. The number of amides is 2. The molecule has 0 unspecified atom stereocenters. The number of carbonyl (C=O) groups excluding carboxylic acids is 3. The summed E-state index contributed by atoms with van der Waals surface area (Å²) in [4.78, 5) is 34.9. The van der Waals surface area contributed by atoms with Gasteiger partial charge in [0.1, 0.15) is 5.00 Å². The SMILES string of the molecule is C[C@H](OC(=O)/C=C/c1ccsc1)C(=O)Nc1sccc1C(N)=O. The fourth-order valence-electron chi connectivity index (χ4n) is 1.61. The molecule has 0 fully saturated rings. The zero-order chi connectivity index (χ0) is 16.8. The van der Waals surface area contributed by atoms with Gasteiger partial charge in [0.15, 0.2) is 6.10 Å². The third-order valence-electron chi connectivity index (χ3n) is 2.78. The number of nitrogens with two attached hydrogens (primary N) is 1. The van der Waals surface area contributed by atoms with Crippen LogP contribution in [0.15, 0.2) is 34.3 Å². The van der Waals surface area contributed by atoms with Gasteiger partial charge in [0.2, 0.25) is 0 Å². The smallest absolute Gasteiger partial charge is 0.331 e. The van der Waals surface area contributed by atoms with E-state index in [4.69, 9.17) is 10.5 Å². The third kappa shape index (κ3) is 4.76. The molecule has 0 spiro atoms. The van der Waals surface area contributed by atoms with Crippen LogP contribution in [-0.4, -0.2) is 23.9 Å². The van der Waals surface area contributed by atoms with E-state index in [1.165, 1.54) is 30.4 Å².